The fourth-order valence-corrected chi connectivity index (χ4v) is 1.25. The largest absolute Gasteiger partial charge is 0.431 e. The normalized spacial score (nSPS) is 10.2. The van der Waals surface area contributed by atoms with Crippen molar-refractivity contribution in [2.24, 2.45) is 0 Å². The molecule has 0 aliphatic carbocycles. The molecule has 4 nitrogen and oxygen atoms in total. The Balaban J connectivity index is 2.92. The number of hydrogen-bond acceptors (Lipinski definition) is 4. The lowest BCUT2D eigenvalue weighted by Gasteiger charge is -2.01. The second kappa shape index (κ2) is 2.91. The van der Waals surface area contributed by atoms with Crippen molar-refractivity contribution in [2.45, 2.75) is 0 Å². The smallest absolute Gasteiger partial charge is 0.343 e. The molecule has 0 unspecified atom stereocenters. The summed E-state index contributed by atoms with van der Waals surface area (Å²) in [5.41, 5.74) is 2.10. The molecule has 1 aromatic heterocycles. The Morgan fingerprint density at radius 1 is 1.23 bits per heavy atom. The molecular weight excluding hydrogens is 170 g/mol. The van der Waals surface area contributed by atoms with Crippen molar-refractivity contribution in [3.05, 3.63) is 40.9 Å². The van der Waals surface area contributed by atoms with Gasteiger partial charge in [0.15, 0.2) is 0 Å². The molecule has 0 saturated carbocycles. The molecule has 66 valence electrons. The third-order valence-corrected chi connectivity index (χ3v) is 1.86. The van der Waals surface area contributed by atoms with E-state index in [9.17, 15) is 4.79 Å². The lowest BCUT2D eigenvalue weighted by Crippen LogP contribution is -1.99. The third kappa shape index (κ3) is 1.17. The van der Waals surface area contributed by atoms with Crippen LogP contribution in [0, 0.1) is 0 Å². The van der Waals surface area contributed by atoms with E-state index in [4.69, 9.17) is 5.21 Å². The second-order valence-corrected chi connectivity index (χ2v) is 2.59. The van der Waals surface area contributed by atoms with Gasteiger partial charge in [0.2, 0.25) is 0 Å². The van der Waals surface area contributed by atoms with Gasteiger partial charge in [0.25, 0.3) is 0 Å². The maximum Gasteiger partial charge on any atom is 0.343 e. The molecule has 0 radical (unpaired) electrons. The fourth-order valence-electron chi connectivity index (χ4n) is 1.25. The molecule has 1 heterocycles. The van der Waals surface area contributed by atoms with Crippen LogP contribution in [0.25, 0.3) is 10.8 Å². The molecule has 0 atom stereocenters. The molecular formula is C9H7NO3. The highest BCUT2D eigenvalue weighted by Gasteiger charge is 2.02. The van der Waals surface area contributed by atoms with Crippen LogP contribution in [0.5, 0.6) is 0 Å². The lowest BCUT2D eigenvalue weighted by molar-refractivity contribution is 0.390. The van der Waals surface area contributed by atoms with E-state index in [1.807, 2.05) is 5.48 Å². The number of anilines is 1. The predicted molar refractivity (Wildman–Crippen MR) is 47.9 cm³/mol. The van der Waals surface area contributed by atoms with E-state index in [0.29, 0.717) is 16.5 Å². The first-order valence-electron chi connectivity index (χ1n) is 3.73. The van der Waals surface area contributed by atoms with Crippen LogP contribution < -0.4 is 11.1 Å². The molecule has 0 aliphatic rings. The van der Waals surface area contributed by atoms with Gasteiger partial charge in [0.05, 0.1) is 17.3 Å². The van der Waals surface area contributed by atoms with Gasteiger partial charge in [-0.05, 0) is 18.2 Å². The molecule has 2 aromatic rings. The average Bonchev–Trinajstić information content (AvgIpc) is 2.18. The number of fused-ring (bicyclic) bond motifs is 1. The molecule has 2 N–H and O–H groups in total. The minimum Gasteiger partial charge on any atom is -0.431 e. The molecule has 4 heteroatoms. The van der Waals surface area contributed by atoms with Gasteiger partial charge in [-0.2, -0.15) is 0 Å². The Hall–Kier alpha value is -1.81. The monoisotopic (exact) mass is 177 g/mol. The number of rotatable bonds is 1. The Morgan fingerprint density at radius 3 is 2.85 bits per heavy atom. The number of hydrogen-bond donors (Lipinski definition) is 2. The van der Waals surface area contributed by atoms with Gasteiger partial charge >= 0.3 is 5.63 Å². The molecule has 0 bridgehead atoms. The topological polar surface area (TPSA) is 62.5 Å². The molecule has 13 heavy (non-hydrogen) atoms. The first-order valence-corrected chi connectivity index (χ1v) is 3.73. The van der Waals surface area contributed by atoms with E-state index in [-0.39, 0.29) is 0 Å². The summed E-state index contributed by atoms with van der Waals surface area (Å²) in [6.07, 6.45) is 1.30. The first kappa shape index (κ1) is 7.82. The average molecular weight is 177 g/mol. The number of nitrogens with one attached hydrogen (secondary N) is 1. The summed E-state index contributed by atoms with van der Waals surface area (Å²) in [4.78, 5) is 11.2. The molecule has 1 aromatic carbocycles. The maximum absolute atomic E-state index is 11.2. The van der Waals surface area contributed by atoms with Crippen LogP contribution in [0.15, 0.2) is 39.7 Å². The van der Waals surface area contributed by atoms with Crippen molar-refractivity contribution in [1.82, 2.24) is 0 Å². The lowest BCUT2D eigenvalue weighted by atomic mass is 10.1. The summed E-state index contributed by atoms with van der Waals surface area (Å²) >= 11 is 0. The molecule has 0 fully saturated rings. The van der Waals surface area contributed by atoms with Gasteiger partial charge in [-0.1, -0.05) is 6.07 Å². The van der Waals surface area contributed by atoms with E-state index < -0.39 is 5.63 Å². The van der Waals surface area contributed by atoms with Crippen LogP contribution in [0.4, 0.5) is 5.69 Å². The van der Waals surface area contributed by atoms with Crippen LogP contribution in [-0.4, -0.2) is 5.21 Å². The number of benzene rings is 1. The first-order chi connectivity index (χ1) is 6.33. The van der Waals surface area contributed by atoms with Crippen LogP contribution in [0.3, 0.4) is 0 Å². The standard InChI is InChI=1S/C9H7NO3/c11-9-7-2-1-3-8(10-12)6(7)4-5-13-9/h1-5,10,12H. The van der Waals surface area contributed by atoms with E-state index in [1.165, 1.54) is 6.26 Å². The van der Waals surface area contributed by atoms with Crippen LogP contribution in [-0.2, 0) is 0 Å². The quantitative estimate of drug-likeness (QED) is 0.649. The van der Waals surface area contributed by atoms with Crippen molar-refractivity contribution in [2.75, 3.05) is 5.48 Å². The third-order valence-electron chi connectivity index (χ3n) is 1.86. The summed E-state index contributed by atoms with van der Waals surface area (Å²) in [6.45, 7) is 0. The fraction of sp³-hybridized carbons (Fsp3) is 0. The minimum absolute atomic E-state index is 0.408. The summed E-state index contributed by atoms with van der Waals surface area (Å²) in [5, 5.41) is 9.83. The van der Waals surface area contributed by atoms with E-state index >= 15 is 0 Å². The van der Waals surface area contributed by atoms with E-state index in [1.54, 1.807) is 24.3 Å². The SMILES string of the molecule is O=c1occc2c(NO)cccc12. The Labute approximate surface area is 73.4 Å². The molecule has 0 amide bonds. The van der Waals surface area contributed by atoms with Crippen molar-refractivity contribution in [3.63, 3.8) is 0 Å². The predicted octanol–water partition coefficient (Wildman–Crippen LogP) is 1.59. The summed E-state index contributed by atoms with van der Waals surface area (Å²) in [6, 6.07) is 6.59. The van der Waals surface area contributed by atoms with Crippen LogP contribution in [0.2, 0.25) is 0 Å². The van der Waals surface area contributed by atoms with Gasteiger partial charge in [-0.25, -0.2) is 4.79 Å². The summed E-state index contributed by atoms with van der Waals surface area (Å²) in [7, 11) is 0. The zero-order valence-corrected chi connectivity index (χ0v) is 6.65. The Bertz CT molecular complexity index is 489. The van der Waals surface area contributed by atoms with Crippen molar-refractivity contribution >= 4 is 16.5 Å². The van der Waals surface area contributed by atoms with Crippen molar-refractivity contribution in [1.29, 1.82) is 0 Å². The van der Waals surface area contributed by atoms with Gasteiger partial charge in [-0.3, -0.25) is 10.7 Å². The van der Waals surface area contributed by atoms with Gasteiger partial charge < -0.3 is 4.42 Å². The molecule has 0 saturated heterocycles. The van der Waals surface area contributed by atoms with E-state index in [0.717, 1.165) is 0 Å². The van der Waals surface area contributed by atoms with Gasteiger partial charge in [0.1, 0.15) is 0 Å². The molecule has 2 rings (SSSR count). The van der Waals surface area contributed by atoms with Crippen LogP contribution in [0.1, 0.15) is 0 Å². The zero-order chi connectivity index (χ0) is 9.26. The van der Waals surface area contributed by atoms with E-state index in [2.05, 4.69) is 4.42 Å². The second-order valence-electron chi connectivity index (χ2n) is 2.59. The molecule has 0 spiro atoms. The Kier molecular flexibility index (Phi) is 1.75. The van der Waals surface area contributed by atoms with Crippen molar-refractivity contribution < 1.29 is 9.62 Å². The van der Waals surface area contributed by atoms with Crippen molar-refractivity contribution in [3.8, 4) is 0 Å². The highest BCUT2D eigenvalue weighted by Crippen LogP contribution is 2.19. The molecule has 0 aliphatic heterocycles. The zero-order valence-electron chi connectivity index (χ0n) is 6.65. The van der Waals surface area contributed by atoms with Crippen LogP contribution >= 0.6 is 0 Å². The van der Waals surface area contributed by atoms with Gasteiger partial charge in [-0.15, -0.1) is 0 Å². The minimum atomic E-state index is -0.408. The Morgan fingerprint density at radius 2 is 2.08 bits per heavy atom. The van der Waals surface area contributed by atoms with Gasteiger partial charge in [0, 0.05) is 5.39 Å². The highest BCUT2D eigenvalue weighted by molar-refractivity contribution is 5.92. The highest BCUT2D eigenvalue weighted by atomic mass is 16.5. The summed E-state index contributed by atoms with van der Waals surface area (Å²) in [5.74, 6) is 0. The summed E-state index contributed by atoms with van der Waals surface area (Å²) < 4.78 is 4.67. The maximum atomic E-state index is 11.2.